The number of unbranched alkanes of at least 4 members (excludes halogenated alkanes) is 2. The van der Waals surface area contributed by atoms with E-state index in [-0.39, 0.29) is 12.5 Å². The van der Waals surface area contributed by atoms with Crippen LogP contribution >= 0.6 is 0 Å². The number of carboxylic acid groups (broad SMARTS) is 1. The van der Waals surface area contributed by atoms with Crippen molar-refractivity contribution in [1.29, 1.82) is 0 Å². The maximum absolute atomic E-state index is 11.2. The van der Waals surface area contributed by atoms with Gasteiger partial charge in [0, 0.05) is 6.61 Å². The summed E-state index contributed by atoms with van der Waals surface area (Å²) in [5, 5.41) is 17.9. The zero-order chi connectivity index (χ0) is 13.4. The molecule has 0 fully saturated rings. The van der Waals surface area contributed by atoms with E-state index < -0.39 is 5.97 Å². The lowest BCUT2D eigenvalue weighted by Gasteiger charge is -2.12. The molecule has 0 aliphatic carbocycles. The van der Waals surface area contributed by atoms with Crippen molar-refractivity contribution >= 4 is 5.97 Å². The molecule has 3 heteroatoms. The average Bonchev–Trinajstić information content (AvgIpc) is 2.35. The number of aryl methyl sites for hydroxylation is 1. The van der Waals surface area contributed by atoms with Gasteiger partial charge in [-0.2, -0.15) is 0 Å². The van der Waals surface area contributed by atoms with Crippen molar-refractivity contribution in [3.8, 4) is 0 Å². The summed E-state index contributed by atoms with van der Waals surface area (Å²) in [5.41, 5.74) is 2.27. The molecule has 1 aromatic rings. The minimum Gasteiger partial charge on any atom is -0.481 e. The Morgan fingerprint density at radius 1 is 1.17 bits per heavy atom. The van der Waals surface area contributed by atoms with Crippen LogP contribution in [0.25, 0.3) is 0 Å². The van der Waals surface area contributed by atoms with E-state index in [9.17, 15) is 9.90 Å². The van der Waals surface area contributed by atoms with Crippen molar-refractivity contribution in [1.82, 2.24) is 0 Å². The van der Waals surface area contributed by atoms with E-state index in [0.29, 0.717) is 12.8 Å². The molecule has 0 aliphatic heterocycles. The summed E-state index contributed by atoms with van der Waals surface area (Å²) in [6.45, 7) is 2.21. The van der Waals surface area contributed by atoms with Gasteiger partial charge in [0.2, 0.25) is 0 Å². The van der Waals surface area contributed by atoms with Crippen LogP contribution in [0.15, 0.2) is 24.3 Å². The second-order valence-electron chi connectivity index (χ2n) is 4.80. The number of benzene rings is 1. The fraction of sp³-hybridized carbons (Fsp3) is 0.533. The van der Waals surface area contributed by atoms with Gasteiger partial charge in [0.25, 0.3) is 0 Å². The van der Waals surface area contributed by atoms with E-state index in [1.54, 1.807) is 0 Å². The lowest BCUT2D eigenvalue weighted by atomic mass is 9.93. The van der Waals surface area contributed by atoms with Gasteiger partial charge < -0.3 is 10.2 Å². The topological polar surface area (TPSA) is 57.5 Å². The molecule has 0 saturated heterocycles. The second kappa shape index (κ2) is 7.88. The Bertz CT molecular complexity index is 357. The highest BCUT2D eigenvalue weighted by Crippen LogP contribution is 2.17. The summed E-state index contributed by atoms with van der Waals surface area (Å²) in [5.74, 6) is -1.04. The van der Waals surface area contributed by atoms with Gasteiger partial charge >= 0.3 is 5.97 Å². The molecule has 0 spiro atoms. The van der Waals surface area contributed by atoms with Gasteiger partial charge in [-0.25, -0.2) is 0 Å². The lowest BCUT2D eigenvalue weighted by Crippen LogP contribution is -2.16. The van der Waals surface area contributed by atoms with Crippen molar-refractivity contribution in [2.45, 2.75) is 39.0 Å². The molecule has 1 atom stereocenters. The van der Waals surface area contributed by atoms with Gasteiger partial charge in [-0.1, -0.05) is 42.7 Å². The molecule has 0 radical (unpaired) electrons. The van der Waals surface area contributed by atoms with E-state index in [1.165, 1.54) is 5.56 Å². The van der Waals surface area contributed by atoms with Crippen molar-refractivity contribution < 1.29 is 15.0 Å². The van der Waals surface area contributed by atoms with Crippen LogP contribution in [-0.4, -0.2) is 22.8 Å². The average molecular weight is 250 g/mol. The highest BCUT2D eigenvalue weighted by molar-refractivity contribution is 5.70. The van der Waals surface area contributed by atoms with E-state index in [1.807, 2.05) is 31.2 Å². The molecule has 0 amide bonds. The number of aliphatic carboxylic acids is 1. The summed E-state index contributed by atoms with van der Waals surface area (Å²) in [6.07, 6.45) is 3.80. The number of rotatable bonds is 8. The van der Waals surface area contributed by atoms with Crippen LogP contribution in [0.4, 0.5) is 0 Å². The fourth-order valence-electron chi connectivity index (χ4n) is 2.00. The fourth-order valence-corrected chi connectivity index (χ4v) is 2.00. The first-order valence-electron chi connectivity index (χ1n) is 6.52. The molecule has 100 valence electrons. The molecule has 0 aromatic heterocycles. The van der Waals surface area contributed by atoms with Gasteiger partial charge in [0.15, 0.2) is 0 Å². The van der Waals surface area contributed by atoms with Gasteiger partial charge in [-0.05, 0) is 31.7 Å². The van der Waals surface area contributed by atoms with Crippen molar-refractivity contribution in [3.05, 3.63) is 35.4 Å². The molecule has 18 heavy (non-hydrogen) atoms. The molecular weight excluding hydrogens is 228 g/mol. The summed E-state index contributed by atoms with van der Waals surface area (Å²) >= 11 is 0. The Morgan fingerprint density at radius 2 is 1.83 bits per heavy atom. The van der Waals surface area contributed by atoms with Crippen LogP contribution in [-0.2, 0) is 11.2 Å². The first-order chi connectivity index (χ1) is 8.63. The number of aliphatic hydroxyl groups is 1. The van der Waals surface area contributed by atoms with E-state index >= 15 is 0 Å². The molecule has 0 aliphatic rings. The van der Waals surface area contributed by atoms with Gasteiger partial charge in [0.05, 0.1) is 5.92 Å². The Labute approximate surface area is 108 Å². The number of carboxylic acids is 1. The minimum atomic E-state index is -0.723. The monoisotopic (exact) mass is 250 g/mol. The Kier molecular flexibility index (Phi) is 6.44. The van der Waals surface area contributed by atoms with Crippen molar-refractivity contribution in [3.63, 3.8) is 0 Å². The van der Waals surface area contributed by atoms with Crippen LogP contribution in [0.2, 0.25) is 0 Å². The number of hydrogen-bond donors (Lipinski definition) is 2. The van der Waals surface area contributed by atoms with Crippen molar-refractivity contribution in [2.24, 2.45) is 5.92 Å². The molecule has 0 saturated carbocycles. The summed E-state index contributed by atoms with van der Waals surface area (Å²) in [7, 11) is 0. The molecular formula is C15H22O3. The van der Waals surface area contributed by atoms with Gasteiger partial charge in [-0.15, -0.1) is 0 Å². The number of aliphatic hydroxyl groups excluding tert-OH is 1. The Hall–Kier alpha value is -1.35. The van der Waals surface area contributed by atoms with Crippen LogP contribution in [0.3, 0.4) is 0 Å². The van der Waals surface area contributed by atoms with Crippen LogP contribution < -0.4 is 0 Å². The third kappa shape index (κ3) is 5.32. The van der Waals surface area contributed by atoms with E-state index in [2.05, 4.69) is 0 Å². The molecule has 1 aromatic carbocycles. The SMILES string of the molecule is Cc1ccc(CC(CCCCCO)C(=O)O)cc1. The first-order valence-corrected chi connectivity index (χ1v) is 6.52. The van der Waals surface area contributed by atoms with E-state index in [0.717, 1.165) is 24.8 Å². The quantitative estimate of drug-likeness (QED) is 0.697. The maximum Gasteiger partial charge on any atom is 0.306 e. The summed E-state index contributed by atoms with van der Waals surface area (Å²) in [4.78, 5) is 11.2. The van der Waals surface area contributed by atoms with Crippen LogP contribution in [0.1, 0.15) is 36.8 Å². The highest BCUT2D eigenvalue weighted by Gasteiger charge is 2.17. The van der Waals surface area contributed by atoms with Crippen molar-refractivity contribution in [2.75, 3.05) is 6.61 Å². The number of hydrogen-bond acceptors (Lipinski definition) is 2. The maximum atomic E-state index is 11.2. The molecule has 0 bridgehead atoms. The number of carbonyl (C=O) groups is 1. The largest absolute Gasteiger partial charge is 0.481 e. The standard InChI is InChI=1S/C15H22O3/c1-12-6-8-13(9-7-12)11-14(15(17)18)5-3-2-4-10-16/h6-9,14,16H,2-5,10-11H2,1H3,(H,17,18). The Balaban J connectivity index is 2.47. The smallest absolute Gasteiger partial charge is 0.306 e. The van der Waals surface area contributed by atoms with Gasteiger partial charge in [-0.3, -0.25) is 4.79 Å². The molecule has 3 nitrogen and oxygen atoms in total. The van der Waals surface area contributed by atoms with Gasteiger partial charge in [0.1, 0.15) is 0 Å². The Morgan fingerprint density at radius 3 is 2.39 bits per heavy atom. The van der Waals surface area contributed by atoms with Crippen LogP contribution in [0.5, 0.6) is 0 Å². The molecule has 2 N–H and O–H groups in total. The normalized spacial score (nSPS) is 12.3. The minimum absolute atomic E-state index is 0.190. The third-order valence-electron chi connectivity index (χ3n) is 3.16. The second-order valence-corrected chi connectivity index (χ2v) is 4.80. The summed E-state index contributed by atoms with van der Waals surface area (Å²) < 4.78 is 0. The zero-order valence-corrected chi connectivity index (χ0v) is 10.9. The zero-order valence-electron chi connectivity index (χ0n) is 10.9. The molecule has 1 rings (SSSR count). The highest BCUT2D eigenvalue weighted by atomic mass is 16.4. The third-order valence-corrected chi connectivity index (χ3v) is 3.16. The molecule has 1 unspecified atom stereocenters. The predicted molar refractivity (Wildman–Crippen MR) is 71.6 cm³/mol. The first kappa shape index (κ1) is 14.7. The predicted octanol–water partition coefficient (Wildman–Crippen LogP) is 2.79. The molecule has 0 heterocycles. The van der Waals surface area contributed by atoms with E-state index in [4.69, 9.17) is 5.11 Å². The summed E-state index contributed by atoms with van der Waals surface area (Å²) in [6, 6.07) is 8.03. The van der Waals surface area contributed by atoms with Crippen LogP contribution in [0, 0.1) is 12.8 Å². The lowest BCUT2D eigenvalue weighted by molar-refractivity contribution is -0.142.